The van der Waals surface area contributed by atoms with Crippen molar-refractivity contribution in [3.05, 3.63) is 35.4 Å². The summed E-state index contributed by atoms with van der Waals surface area (Å²) in [6.45, 7) is 1.10. The molecule has 1 amide bonds. The highest BCUT2D eigenvalue weighted by molar-refractivity contribution is 5.84. The molecule has 1 aromatic rings. The molecule has 1 aromatic carbocycles. The molecule has 4 atom stereocenters. The number of hydrogen-bond donors (Lipinski definition) is 6. The van der Waals surface area contributed by atoms with Gasteiger partial charge in [0.05, 0.1) is 12.8 Å². The highest BCUT2D eigenvalue weighted by Gasteiger charge is 2.34. The molecule has 8 nitrogen and oxygen atoms in total. The summed E-state index contributed by atoms with van der Waals surface area (Å²) in [4.78, 5) is 11.6. The molecule has 0 spiro atoms. The number of hydrogen-bond acceptors (Lipinski definition) is 7. The number of nitrogens with one attached hydrogen (secondary N) is 1. The van der Waals surface area contributed by atoms with E-state index in [4.69, 9.17) is 10.2 Å². The molecule has 0 unspecified atom stereocenters. The third-order valence-electron chi connectivity index (χ3n) is 2.99. The van der Waals surface area contributed by atoms with Crippen LogP contribution in [0.15, 0.2) is 29.4 Å². The zero-order chi connectivity index (χ0) is 16.7. The number of benzene rings is 1. The van der Waals surface area contributed by atoms with Gasteiger partial charge in [0.2, 0.25) is 0 Å². The van der Waals surface area contributed by atoms with Gasteiger partial charge in [-0.15, -0.1) is 0 Å². The van der Waals surface area contributed by atoms with Crippen molar-refractivity contribution in [2.75, 3.05) is 6.61 Å². The average molecular weight is 312 g/mol. The summed E-state index contributed by atoms with van der Waals surface area (Å²) in [6, 6.07) is 7.26. The minimum Gasteiger partial charge on any atom is -0.394 e. The Bertz CT molecular complexity index is 505. The standard InChI is InChI=1S/C14H20N2O6/c1-8-2-4-9(5-3-8)6-15-16-14(22)13(21)12(20)11(19)10(18)7-17/h2-6,10-13,17-21H,7H2,1H3,(H,16,22)/b15-6-/t10-,11-,12-,13+/m1/s1. The minimum atomic E-state index is -2.01. The molecule has 0 fully saturated rings. The van der Waals surface area contributed by atoms with Gasteiger partial charge in [0, 0.05) is 0 Å². The van der Waals surface area contributed by atoms with E-state index in [9.17, 15) is 20.1 Å². The Balaban J connectivity index is 2.55. The van der Waals surface area contributed by atoms with Crippen molar-refractivity contribution >= 4 is 12.1 Å². The quantitative estimate of drug-likeness (QED) is 0.251. The van der Waals surface area contributed by atoms with Gasteiger partial charge in [-0.3, -0.25) is 4.79 Å². The van der Waals surface area contributed by atoms with Crippen LogP contribution in [-0.2, 0) is 4.79 Å². The summed E-state index contributed by atoms with van der Waals surface area (Å²) in [5.74, 6) is -1.06. The third kappa shape index (κ3) is 5.17. The molecule has 1 rings (SSSR count). The monoisotopic (exact) mass is 312 g/mol. The Hall–Kier alpha value is -1.84. The number of amides is 1. The number of nitrogens with zero attached hydrogens (tertiary/aromatic N) is 1. The first-order valence-corrected chi connectivity index (χ1v) is 6.59. The van der Waals surface area contributed by atoms with Gasteiger partial charge >= 0.3 is 0 Å². The molecule has 6 N–H and O–H groups in total. The highest BCUT2D eigenvalue weighted by atomic mass is 16.4. The first-order valence-electron chi connectivity index (χ1n) is 6.59. The number of carbonyl (C=O) groups excluding carboxylic acids is 1. The number of rotatable bonds is 7. The van der Waals surface area contributed by atoms with Gasteiger partial charge in [-0.25, -0.2) is 5.43 Å². The fourth-order valence-electron chi connectivity index (χ4n) is 1.57. The van der Waals surface area contributed by atoms with E-state index in [0.717, 1.165) is 11.1 Å². The van der Waals surface area contributed by atoms with Crippen molar-refractivity contribution in [3.8, 4) is 0 Å². The molecule has 0 aliphatic heterocycles. The van der Waals surface area contributed by atoms with Crippen LogP contribution in [0.2, 0.25) is 0 Å². The van der Waals surface area contributed by atoms with Crippen molar-refractivity contribution in [1.29, 1.82) is 0 Å². The minimum absolute atomic E-state index is 0.719. The third-order valence-corrected chi connectivity index (χ3v) is 2.99. The molecule has 8 heteroatoms. The van der Waals surface area contributed by atoms with Crippen LogP contribution in [0.4, 0.5) is 0 Å². The average Bonchev–Trinajstić information content (AvgIpc) is 2.53. The second-order valence-corrected chi connectivity index (χ2v) is 4.82. The van der Waals surface area contributed by atoms with Gasteiger partial charge in [0.25, 0.3) is 5.91 Å². The molecule has 0 heterocycles. The van der Waals surface area contributed by atoms with Crippen molar-refractivity contribution in [3.63, 3.8) is 0 Å². The van der Waals surface area contributed by atoms with Crippen molar-refractivity contribution in [2.45, 2.75) is 31.3 Å². The summed E-state index contributed by atoms with van der Waals surface area (Å²) in [5, 5.41) is 49.9. The SMILES string of the molecule is Cc1ccc(/C=N\NC(=O)[C@@H](O)[C@H](O)[C@H](O)[C@H](O)CO)cc1. The van der Waals surface area contributed by atoms with E-state index in [1.165, 1.54) is 6.21 Å². The first-order chi connectivity index (χ1) is 10.4. The topological polar surface area (TPSA) is 143 Å². The molecular weight excluding hydrogens is 292 g/mol. The second kappa shape index (κ2) is 8.57. The van der Waals surface area contributed by atoms with Gasteiger partial charge in [0.15, 0.2) is 6.10 Å². The van der Waals surface area contributed by atoms with E-state index in [1.807, 2.05) is 24.5 Å². The second-order valence-electron chi connectivity index (χ2n) is 4.82. The van der Waals surface area contributed by atoms with E-state index in [0.29, 0.717) is 0 Å². The van der Waals surface area contributed by atoms with Crippen molar-refractivity contribution < 1.29 is 30.3 Å². The predicted octanol–water partition coefficient (Wildman–Crippen LogP) is -2.12. The fraction of sp³-hybridized carbons (Fsp3) is 0.429. The Labute approximate surface area is 127 Å². The molecule has 0 aliphatic carbocycles. The number of aliphatic hydroxyl groups is 5. The van der Waals surface area contributed by atoms with Gasteiger partial charge < -0.3 is 25.5 Å². The number of aryl methyl sites for hydroxylation is 1. The summed E-state index contributed by atoms with van der Waals surface area (Å²) < 4.78 is 0. The predicted molar refractivity (Wildman–Crippen MR) is 78.0 cm³/mol. The van der Waals surface area contributed by atoms with Crippen LogP contribution in [0.3, 0.4) is 0 Å². The molecule has 0 aliphatic rings. The molecule has 22 heavy (non-hydrogen) atoms. The molecule has 122 valence electrons. The summed E-state index contributed by atoms with van der Waals surface area (Å²) in [5.41, 5.74) is 3.79. The summed E-state index contributed by atoms with van der Waals surface area (Å²) in [7, 11) is 0. The molecule has 0 aromatic heterocycles. The van der Waals surface area contributed by atoms with Crippen molar-refractivity contribution in [1.82, 2.24) is 5.43 Å². The Kier molecular flexibility index (Phi) is 7.09. The molecule has 0 saturated carbocycles. The lowest BCUT2D eigenvalue weighted by molar-refractivity contribution is -0.148. The number of hydrazone groups is 1. The molecule has 0 radical (unpaired) electrons. The van der Waals surface area contributed by atoms with Crippen LogP contribution >= 0.6 is 0 Å². The highest BCUT2D eigenvalue weighted by Crippen LogP contribution is 2.05. The van der Waals surface area contributed by atoms with Crippen molar-refractivity contribution in [2.24, 2.45) is 5.10 Å². The van der Waals surface area contributed by atoms with Gasteiger partial charge in [0.1, 0.15) is 18.3 Å². The van der Waals surface area contributed by atoms with Gasteiger partial charge in [-0.05, 0) is 12.5 Å². The van der Waals surface area contributed by atoms with Gasteiger partial charge in [-0.1, -0.05) is 29.8 Å². The van der Waals surface area contributed by atoms with E-state index < -0.39 is 36.9 Å². The normalized spacial score (nSPS) is 17.0. The smallest absolute Gasteiger partial charge is 0.271 e. The first kappa shape index (κ1) is 18.2. The van der Waals surface area contributed by atoms with Crippen LogP contribution in [0.1, 0.15) is 11.1 Å². The number of aliphatic hydroxyl groups excluding tert-OH is 5. The molecule has 0 bridgehead atoms. The number of carbonyl (C=O) groups is 1. The lowest BCUT2D eigenvalue weighted by Crippen LogP contribution is -2.50. The van der Waals surface area contributed by atoms with Crippen LogP contribution in [-0.4, -0.2) is 68.7 Å². The van der Waals surface area contributed by atoms with E-state index in [1.54, 1.807) is 12.1 Å². The van der Waals surface area contributed by atoms with E-state index >= 15 is 0 Å². The lowest BCUT2D eigenvalue weighted by Gasteiger charge is -2.24. The maximum absolute atomic E-state index is 11.6. The van der Waals surface area contributed by atoms with Crippen LogP contribution < -0.4 is 5.43 Å². The van der Waals surface area contributed by atoms with Crippen LogP contribution in [0, 0.1) is 6.92 Å². The maximum Gasteiger partial charge on any atom is 0.271 e. The zero-order valence-electron chi connectivity index (χ0n) is 12.0. The molecular formula is C14H20N2O6. The largest absolute Gasteiger partial charge is 0.394 e. The Morgan fingerprint density at radius 1 is 1.18 bits per heavy atom. The maximum atomic E-state index is 11.6. The fourth-order valence-corrected chi connectivity index (χ4v) is 1.57. The zero-order valence-corrected chi connectivity index (χ0v) is 12.0. The van der Waals surface area contributed by atoms with Crippen LogP contribution in [0.5, 0.6) is 0 Å². The summed E-state index contributed by atoms with van der Waals surface area (Å²) in [6.07, 6.45) is -6.17. The van der Waals surface area contributed by atoms with E-state index in [-0.39, 0.29) is 0 Å². The molecule has 0 saturated heterocycles. The lowest BCUT2D eigenvalue weighted by atomic mass is 10.0. The van der Waals surface area contributed by atoms with E-state index in [2.05, 4.69) is 5.10 Å². The Morgan fingerprint density at radius 3 is 2.32 bits per heavy atom. The van der Waals surface area contributed by atoms with Gasteiger partial charge in [-0.2, -0.15) is 5.10 Å². The summed E-state index contributed by atoms with van der Waals surface area (Å²) >= 11 is 0. The van der Waals surface area contributed by atoms with Crippen LogP contribution in [0.25, 0.3) is 0 Å². The Morgan fingerprint density at radius 2 is 1.77 bits per heavy atom.